The topological polar surface area (TPSA) is 41.6 Å². The molecule has 0 saturated carbocycles. The van der Waals surface area contributed by atoms with E-state index in [-0.39, 0.29) is 0 Å². The Balaban J connectivity index is 2.18. The third kappa shape index (κ3) is 2.29. The number of nitrogens with one attached hydrogen (secondary N) is 1. The van der Waals surface area contributed by atoms with E-state index in [2.05, 4.69) is 15.0 Å². The van der Waals surface area contributed by atoms with Gasteiger partial charge in [0, 0.05) is 5.56 Å². The van der Waals surface area contributed by atoms with Crippen LogP contribution in [-0.2, 0) is 0 Å². The van der Waals surface area contributed by atoms with Crippen LogP contribution in [0.1, 0.15) is 5.82 Å². The number of aryl methyl sites for hydroxylation is 1. The first-order valence-electron chi connectivity index (χ1n) is 5.53. The first kappa shape index (κ1) is 12.7. The molecule has 3 rings (SSSR count). The largest absolute Gasteiger partial charge is 0.342 e. The molecule has 0 radical (unpaired) electrons. The molecule has 2 aliphatic heterocycles. The molecule has 0 unspecified atom stereocenters. The summed E-state index contributed by atoms with van der Waals surface area (Å²) in [6, 6.07) is 7.30. The Labute approximate surface area is 124 Å². The van der Waals surface area contributed by atoms with E-state index in [1.54, 1.807) is 12.1 Å². The minimum atomic E-state index is 0.387. The Morgan fingerprint density at radius 1 is 1.00 bits per heavy atom. The van der Waals surface area contributed by atoms with Gasteiger partial charge in [0.05, 0.1) is 21.4 Å². The fourth-order valence-corrected chi connectivity index (χ4v) is 2.47. The van der Waals surface area contributed by atoms with E-state index < -0.39 is 0 Å². The molecule has 0 spiro atoms. The Hall–Kier alpha value is -1.29. The zero-order valence-electron chi connectivity index (χ0n) is 9.84. The van der Waals surface area contributed by atoms with Crippen molar-refractivity contribution in [2.24, 2.45) is 0 Å². The van der Waals surface area contributed by atoms with Gasteiger partial charge in [-0.3, -0.25) is 0 Å². The highest BCUT2D eigenvalue weighted by Gasteiger charge is 2.16. The predicted molar refractivity (Wildman–Crippen MR) is 78.2 cm³/mol. The van der Waals surface area contributed by atoms with E-state index in [0.717, 1.165) is 22.8 Å². The Kier molecular flexibility index (Phi) is 3.13. The molecular weight excluding hydrogens is 305 g/mol. The summed E-state index contributed by atoms with van der Waals surface area (Å²) in [6.07, 6.45) is 0. The van der Waals surface area contributed by atoms with Gasteiger partial charge < -0.3 is 4.98 Å². The first-order valence-corrected chi connectivity index (χ1v) is 6.66. The van der Waals surface area contributed by atoms with Gasteiger partial charge in [0.25, 0.3) is 0 Å². The average Bonchev–Trinajstić information content (AvgIpc) is 2.76. The van der Waals surface area contributed by atoms with Crippen LogP contribution >= 0.6 is 34.8 Å². The second kappa shape index (κ2) is 4.67. The first-order chi connectivity index (χ1) is 9.04. The summed E-state index contributed by atoms with van der Waals surface area (Å²) < 4.78 is 0. The minimum absolute atomic E-state index is 0.387. The van der Waals surface area contributed by atoms with Crippen molar-refractivity contribution in [2.45, 2.75) is 6.92 Å². The van der Waals surface area contributed by atoms with Crippen LogP contribution in [0.4, 0.5) is 0 Å². The van der Waals surface area contributed by atoms with Crippen LogP contribution in [0.15, 0.2) is 24.3 Å². The van der Waals surface area contributed by atoms with Gasteiger partial charge >= 0.3 is 0 Å². The monoisotopic (exact) mass is 311 g/mol. The van der Waals surface area contributed by atoms with Crippen molar-refractivity contribution in [1.29, 1.82) is 0 Å². The molecule has 2 aliphatic rings. The van der Waals surface area contributed by atoms with Gasteiger partial charge in [0.15, 0.2) is 5.15 Å². The van der Waals surface area contributed by atoms with Crippen molar-refractivity contribution in [3.05, 3.63) is 45.3 Å². The molecule has 0 aromatic heterocycles. The molecule has 0 atom stereocenters. The van der Waals surface area contributed by atoms with Gasteiger partial charge in [0.2, 0.25) is 0 Å². The number of halogens is 3. The second-order valence-electron chi connectivity index (χ2n) is 4.15. The quantitative estimate of drug-likeness (QED) is 0.653. The lowest BCUT2D eigenvalue weighted by Crippen LogP contribution is -1.92. The lowest BCUT2D eigenvalue weighted by atomic mass is 10.1. The highest BCUT2D eigenvalue weighted by Crippen LogP contribution is 2.33. The Morgan fingerprint density at radius 2 is 1.79 bits per heavy atom. The molecule has 1 N–H and O–H groups in total. The van der Waals surface area contributed by atoms with Crippen molar-refractivity contribution >= 4 is 34.8 Å². The van der Waals surface area contributed by atoms with E-state index in [9.17, 15) is 0 Å². The van der Waals surface area contributed by atoms with E-state index in [4.69, 9.17) is 34.8 Å². The molecule has 2 heterocycles. The maximum atomic E-state index is 6.08. The summed E-state index contributed by atoms with van der Waals surface area (Å²) in [5, 5.41) is 1.40. The van der Waals surface area contributed by atoms with Crippen molar-refractivity contribution in [3.63, 3.8) is 0 Å². The molecule has 19 heavy (non-hydrogen) atoms. The van der Waals surface area contributed by atoms with E-state index in [1.165, 1.54) is 0 Å². The summed E-state index contributed by atoms with van der Waals surface area (Å²) in [7, 11) is 0. The van der Waals surface area contributed by atoms with Crippen LogP contribution in [0.25, 0.3) is 22.6 Å². The maximum Gasteiger partial charge on any atom is 0.158 e. The summed E-state index contributed by atoms with van der Waals surface area (Å²) in [5.41, 5.74) is 3.15. The molecule has 0 amide bonds. The Morgan fingerprint density at radius 3 is 2.53 bits per heavy atom. The van der Waals surface area contributed by atoms with Crippen molar-refractivity contribution in [3.8, 4) is 22.6 Å². The molecule has 1 aromatic rings. The fourth-order valence-electron chi connectivity index (χ4n) is 1.90. The maximum absolute atomic E-state index is 6.08. The van der Waals surface area contributed by atoms with E-state index in [1.807, 2.05) is 19.1 Å². The molecule has 1 aromatic carbocycles. The number of nitrogens with zero attached hydrogens (tertiary/aromatic N) is 2. The second-order valence-corrected chi connectivity index (χ2v) is 5.32. The summed E-state index contributed by atoms with van der Waals surface area (Å²) in [6.45, 7) is 1.84. The lowest BCUT2D eigenvalue weighted by molar-refractivity contribution is 1.05. The normalized spacial score (nSPS) is 11.2. The van der Waals surface area contributed by atoms with Crippen molar-refractivity contribution < 1.29 is 0 Å². The predicted octanol–water partition coefficient (Wildman–Crippen LogP) is 4.85. The number of aromatic nitrogens is 3. The number of fused-ring (bicyclic) bond motifs is 1. The zero-order valence-corrected chi connectivity index (χ0v) is 12.1. The van der Waals surface area contributed by atoms with Crippen LogP contribution in [0.5, 0.6) is 0 Å². The summed E-state index contributed by atoms with van der Waals surface area (Å²) >= 11 is 18.0. The number of hydrogen-bond acceptors (Lipinski definition) is 2. The number of hydrogen-bond donors (Lipinski definition) is 1. The van der Waals surface area contributed by atoms with E-state index in [0.29, 0.717) is 20.9 Å². The molecule has 0 bridgehead atoms. The van der Waals surface area contributed by atoms with Gasteiger partial charge in [-0.15, -0.1) is 0 Å². The van der Waals surface area contributed by atoms with Crippen LogP contribution in [-0.4, -0.2) is 15.0 Å². The Bertz CT molecular complexity index is 736. The fraction of sp³-hybridized carbons (Fsp3) is 0.0769. The van der Waals surface area contributed by atoms with Crippen LogP contribution in [0.3, 0.4) is 0 Å². The molecular formula is C13H8Cl3N3. The molecule has 0 fully saturated rings. The van der Waals surface area contributed by atoms with Gasteiger partial charge in [-0.05, 0) is 25.1 Å². The smallest absolute Gasteiger partial charge is 0.158 e. The van der Waals surface area contributed by atoms with Gasteiger partial charge in [-0.25, -0.2) is 9.97 Å². The van der Waals surface area contributed by atoms with Crippen LogP contribution in [0, 0.1) is 6.92 Å². The van der Waals surface area contributed by atoms with Gasteiger partial charge in [0.1, 0.15) is 11.5 Å². The van der Waals surface area contributed by atoms with Gasteiger partial charge in [-0.2, -0.15) is 0 Å². The van der Waals surface area contributed by atoms with E-state index >= 15 is 0 Å². The van der Waals surface area contributed by atoms with Crippen LogP contribution in [0.2, 0.25) is 15.2 Å². The average molecular weight is 313 g/mol. The lowest BCUT2D eigenvalue weighted by Gasteiger charge is -2.00. The zero-order chi connectivity index (χ0) is 13.6. The molecule has 6 heteroatoms. The summed E-state index contributed by atoms with van der Waals surface area (Å²) in [5.74, 6) is 0.741. The third-order valence-corrected chi connectivity index (χ3v) is 3.76. The SMILES string of the molecule is Cc1nc(Cl)c2nc(-c3ccc(Cl)c(Cl)c3)cc-2[nH]1. The number of aromatic amines is 1. The molecule has 96 valence electrons. The number of benzene rings is 1. The van der Waals surface area contributed by atoms with Crippen molar-refractivity contribution in [1.82, 2.24) is 15.0 Å². The highest BCUT2D eigenvalue weighted by atomic mass is 35.5. The standard InChI is InChI=1S/C13H8Cl3N3/c1-6-17-11-5-10(19-12(11)13(16)18-6)7-2-3-8(14)9(15)4-7/h2-5H,1H3,(H,17,18). The summed E-state index contributed by atoms with van der Waals surface area (Å²) in [4.78, 5) is 11.7. The molecule has 0 saturated heterocycles. The molecule has 3 nitrogen and oxygen atoms in total. The molecule has 0 aliphatic carbocycles. The van der Waals surface area contributed by atoms with Gasteiger partial charge in [-0.1, -0.05) is 40.9 Å². The minimum Gasteiger partial charge on any atom is -0.342 e. The number of H-pyrrole nitrogens is 1. The number of rotatable bonds is 1. The highest BCUT2D eigenvalue weighted by molar-refractivity contribution is 6.42. The van der Waals surface area contributed by atoms with Crippen LogP contribution < -0.4 is 0 Å². The third-order valence-electron chi connectivity index (χ3n) is 2.76. The van der Waals surface area contributed by atoms with Crippen molar-refractivity contribution in [2.75, 3.05) is 0 Å².